The van der Waals surface area contributed by atoms with E-state index in [9.17, 15) is 24.8 Å². The summed E-state index contributed by atoms with van der Waals surface area (Å²) in [7, 11) is 2.71. The molecule has 0 aliphatic carbocycles. The molecule has 16 heteroatoms. The van der Waals surface area contributed by atoms with Crippen LogP contribution in [0.25, 0.3) is 0 Å². The highest BCUT2D eigenvalue weighted by molar-refractivity contribution is 6.32. The van der Waals surface area contributed by atoms with Crippen molar-refractivity contribution in [1.82, 2.24) is 16.1 Å². The minimum absolute atomic E-state index is 0.0257. The third kappa shape index (κ3) is 8.83. The molecule has 1 heterocycles. The van der Waals surface area contributed by atoms with E-state index in [4.69, 9.17) is 35.3 Å². The highest BCUT2D eigenvalue weighted by Crippen LogP contribution is 2.37. The maximum Gasteiger partial charge on any atom is 0.337 e. The van der Waals surface area contributed by atoms with Gasteiger partial charge >= 0.3 is 12.0 Å². The number of hydrogen-bond donors (Lipinski definition) is 4. The fourth-order valence-electron chi connectivity index (χ4n) is 4.64. The number of carbonyl (C=O) groups excluding carboxylic acids is 2. The number of hydrazone groups is 1. The van der Waals surface area contributed by atoms with Crippen molar-refractivity contribution in [3.8, 4) is 23.0 Å². The van der Waals surface area contributed by atoms with Gasteiger partial charge in [-0.15, -0.1) is 0 Å². The van der Waals surface area contributed by atoms with Crippen molar-refractivity contribution < 1.29 is 43.3 Å². The number of rotatable bonds is 15. The molecule has 48 heavy (non-hydrogen) atoms. The Morgan fingerprint density at radius 2 is 1.85 bits per heavy atom. The molecule has 3 aromatic rings. The first-order valence-corrected chi connectivity index (χ1v) is 14.9. The minimum atomic E-state index is -1.22. The Balaban J connectivity index is 1.38. The lowest BCUT2D eigenvalue weighted by atomic mass is 9.95. The monoisotopic (exact) mass is 683 g/mol. The lowest BCUT2D eigenvalue weighted by Gasteiger charge is -2.28. The van der Waals surface area contributed by atoms with Crippen molar-refractivity contribution in [3.05, 3.63) is 97.7 Å². The second-order valence-electron chi connectivity index (χ2n) is 10.2. The number of nitro benzene ring substituents is 1. The molecule has 0 unspecified atom stereocenters. The molecule has 2 amide bonds. The number of non-ortho nitro benzene ring substituents is 1. The maximum atomic E-state index is 12.5. The molecule has 0 spiro atoms. The molecule has 1 aliphatic rings. The van der Waals surface area contributed by atoms with Gasteiger partial charge in [-0.2, -0.15) is 5.10 Å². The second-order valence-corrected chi connectivity index (χ2v) is 10.6. The third-order valence-corrected chi connectivity index (χ3v) is 7.17. The summed E-state index contributed by atoms with van der Waals surface area (Å²) in [5.74, 6) is 0.657. The third-order valence-electron chi connectivity index (χ3n) is 6.89. The number of aliphatic hydroxyl groups excluding tert-OH is 1. The lowest BCUT2D eigenvalue weighted by Crippen LogP contribution is -2.45. The van der Waals surface area contributed by atoms with Crippen molar-refractivity contribution in [2.45, 2.75) is 32.7 Å². The van der Waals surface area contributed by atoms with Gasteiger partial charge in [0.2, 0.25) is 0 Å². The lowest BCUT2D eigenvalue weighted by molar-refractivity contribution is -0.384. The standard InChI is InChI=1S/C32H34ClN5O10/c1-5-46-25-14-21(29-28(31(40)45-4)18(2)35-32(41)36-29)8-11-24(25)47-17-27(39)37-34-15-20-12-23(33)30(26(13-20)44-3)48-16-19-6-9-22(10-7-19)38(42)43/h6-15,27,29,37,39H,5,16-17H2,1-4H3,(H2,35,36,41)/b34-15-/t27-,29-/m1/s1. The van der Waals surface area contributed by atoms with Crippen LogP contribution in [-0.4, -0.2) is 61.9 Å². The summed E-state index contributed by atoms with van der Waals surface area (Å²) in [4.78, 5) is 35.0. The number of carbonyl (C=O) groups is 2. The van der Waals surface area contributed by atoms with Crippen LogP contribution in [0.4, 0.5) is 10.5 Å². The Labute approximate surface area is 280 Å². The number of esters is 1. The Bertz CT molecular complexity index is 1710. The van der Waals surface area contributed by atoms with E-state index in [1.54, 1.807) is 56.3 Å². The molecule has 0 aromatic heterocycles. The van der Waals surface area contributed by atoms with E-state index in [0.29, 0.717) is 46.2 Å². The summed E-state index contributed by atoms with van der Waals surface area (Å²) in [6.07, 6.45) is 0.192. The van der Waals surface area contributed by atoms with Gasteiger partial charge < -0.3 is 39.4 Å². The molecular formula is C32H34ClN5O10. The van der Waals surface area contributed by atoms with Crippen molar-refractivity contribution in [1.29, 1.82) is 0 Å². The van der Waals surface area contributed by atoms with Gasteiger partial charge in [0.1, 0.15) is 13.2 Å². The van der Waals surface area contributed by atoms with Crippen molar-refractivity contribution in [3.63, 3.8) is 0 Å². The van der Waals surface area contributed by atoms with Crippen molar-refractivity contribution in [2.75, 3.05) is 27.4 Å². The summed E-state index contributed by atoms with van der Waals surface area (Å²) in [5, 5.41) is 30.9. The van der Waals surface area contributed by atoms with Gasteiger partial charge in [-0.1, -0.05) is 17.7 Å². The van der Waals surface area contributed by atoms with E-state index in [1.165, 1.54) is 32.6 Å². The number of halogens is 1. The number of nitrogens with one attached hydrogen (secondary N) is 3. The number of urea groups is 1. The van der Waals surface area contributed by atoms with Gasteiger partial charge in [-0.05, 0) is 66.9 Å². The zero-order valence-electron chi connectivity index (χ0n) is 26.4. The summed E-state index contributed by atoms with van der Waals surface area (Å²) in [6.45, 7) is 3.58. The predicted molar refractivity (Wildman–Crippen MR) is 174 cm³/mol. The molecule has 3 aromatic carbocycles. The quantitative estimate of drug-likeness (QED) is 0.0585. The van der Waals surface area contributed by atoms with Crippen LogP contribution in [0.5, 0.6) is 23.0 Å². The molecule has 4 N–H and O–H groups in total. The first-order chi connectivity index (χ1) is 23.0. The topological polar surface area (TPSA) is 192 Å². The maximum absolute atomic E-state index is 12.5. The SMILES string of the molecule is CCOc1cc([C@H]2NC(=O)NC(C)=C2C(=O)OC)ccc1OC[C@@H](O)N/N=C\c1cc(Cl)c(OCc2ccc([N+](=O)[O-])cc2)c(OC)c1. The van der Waals surface area contributed by atoms with Gasteiger partial charge in [0.05, 0.1) is 48.6 Å². The Morgan fingerprint density at radius 3 is 2.52 bits per heavy atom. The van der Waals surface area contributed by atoms with Crippen LogP contribution in [0.2, 0.25) is 5.02 Å². The van der Waals surface area contributed by atoms with E-state index in [1.807, 2.05) is 0 Å². The molecule has 0 fully saturated rings. The molecule has 0 radical (unpaired) electrons. The molecule has 1 aliphatic heterocycles. The number of hydrogen-bond acceptors (Lipinski definition) is 12. The molecule has 0 saturated heterocycles. The van der Waals surface area contributed by atoms with Gasteiger partial charge in [-0.25, -0.2) is 9.59 Å². The Morgan fingerprint density at radius 1 is 1.10 bits per heavy atom. The first-order valence-electron chi connectivity index (χ1n) is 14.5. The zero-order chi connectivity index (χ0) is 34.8. The molecule has 15 nitrogen and oxygen atoms in total. The first kappa shape index (κ1) is 35.3. The van der Waals surface area contributed by atoms with Crippen LogP contribution in [0, 0.1) is 10.1 Å². The number of methoxy groups -OCH3 is 2. The van der Waals surface area contributed by atoms with Crippen molar-refractivity contribution >= 4 is 35.5 Å². The summed E-state index contributed by atoms with van der Waals surface area (Å²) in [5.41, 5.74) is 4.94. The summed E-state index contributed by atoms with van der Waals surface area (Å²) in [6, 6.07) is 12.8. The molecule has 0 saturated carbocycles. The van der Waals surface area contributed by atoms with Crippen LogP contribution in [0.3, 0.4) is 0 Å². The molecule has 0 bridgehead atoms. The Kier molecular flexibility index (Phi) is 12.0. The van der Waals surface area contributed by atoms with Crippen LogP contribution in [-0.2, 0) is 16.1 Å². The smallest absolute Gasteiger partial charge is 0.337 e. The number of benzene rings is 3. The highest BCUT2D eigenvalue weighted by atomic mass is 35.5. The van der Waals surface area contributed by atoms with Crippen LogP contribution in [0.1, 0.15) is 36.6 Å². The molecule has 254 valence electrons. The Hall–Kier alpha value is -5.54. The molecular weight excluding hydrogens is 650 g/mol. The summed E-state index contributed by atoms with van der Waals surface area (Å²) < 4.78 is 27.7. The van der Waals surface area contributed by atoms with E-state index in [-0.39, 0.29) is 35.2 Å². The van der Waals surface area contributed by atoms with E-state index in [0.717, 1.165) is 0 Å². The molecule has 4 rings (SSSR count). The van der Waals surface area contributed by atoms with Gasteiger partial charge in [0, 0.05) is 17.8 Å². The summed E-state index contributed by atoms with van der Waals surface area (Å²) >= 11 is 6.44. The normalized spacial score (nSPS) is 14.9. The second kappa shape index (κ2) is 16.3. The largest absolute Gasteiger partial charge is 0.493 e. The molecule has 2 atom stereocenters. The highest BCUT2D eigenvalue weighted by Gasteiger charge is 2.32. The number of ether oxygens (including phenoxy) is 5. The fraction of sp³-hybridized carbons (Fsp3) is 0.281. The van der Waals surface area contributed by atoms with E-state index in [2.05, 4.69) is 21.2 Å². The number of nitro groups is 1. The predicted octanol–water partition coefficient (Wildman–Crippen LogP) is 4.36. The van der Waals surface area contributed by atoms with Crippen molar-refractivity contribution in [2.24, 2.45) is 5.10 Å². The van der Waals surface area contributed by atoms with Gasteiger partial charge in [0.25, 0.3) is 5.69 Å². The van der Waals surface area contributed by atoms with Crippen LogP contribution < -0.4 is 35.0 Å². The van der Waals surface area contributed by atoms with E-state index >= 15 is 0 Å². The van der Waals surface area contributed by atoms with Gasteiger partial charge in [0.15, 0.2) is 29.2 Å². The zero-order valence-corrected chi connectivity index (χ0v) is 27.2. The van der Waals surface area contributed by atoms with Crippen LogP contribution in [0.15, 0.2) is 71.0 Å². The average Bonchev–Trinajstić information content (AvgIpc) is 3.06. The number of nitrogens with zero attached hydrogens (tertiary/aromatic N) is 2. The number of aliphatic hydroxyl groups is 1. The van der Waals surface area contributed by atoms with Crippen LogP contribution >= 0.6 is 11.6 Å². The fourth-order valence-corrected chi connectivity index (χ4v) is 4.92. The number of amides is 2. The average molecular weight is 684 g/mol. The van der Waals surface area contributed by atoms with E-state index < -0.39 is 29.2 Å². The minimum Gasteiger partial charge on any atom is -0.493 e. The number of allylic oxidation sites excluding steroid dienone is 1. The van der Waals surface area contributed by atoms with Gasteiger partial charge in [-0.3, -0.25) is 15.5 Å².